The molecule has 2 aromatic carbocycles. The van der Waals surface area contributed by atoms with Crippen LogP contribution in [0.3, 0.4) is 0 Å². The van der Waals surface area contributed by atoms with Crippen LogP contribution in [0.15, 0.2) is 30.3 Å². The molecule has 2 N–H and O–H groups in total. The van der Waals surface area contributed by atoms with Gasteiger partial charge < -0.3 is 15.4 Å². The van der Waals surface area contributed by atoms with E-state index in [0.29, 0.717) is 0 Å². The van der Waals surface area contributed by atoms with Gasteiger partial charge in [-0.05, 0) is 36.2 Å². The molecule has 21 heavy (non-hydrogen) atoms. The Morgan fingerprint density at radius 2 is 2.14 bits per heavy atom. The average Bonchev–Trinajstić information content (AvgIpc) is 3.07. The molecule has 2 aliphatic heterocycles. The van der Waals surface area contributed by atoms with E-state index >= 15 is 0 Å². The zero-order chi connectivity index (χ0) is 14.4. The maximum atomic E-state index is 6.25. The van der Waals surface area contributed by atoms with Crippen LogP contribution < -0.4 is 15.4 Å². The zero-order valence-corrected chi connectivity index (χ0v) is 12.5. The van der Waals surface area contributed by atoms with Crippen molar-refractivity contribution in [2.75, 3.05) is 23.8 Å². The van der Waals surface area contributed by atoms with Gasteiger partial charge in [0.05, 0.1) is 6.61 Å². The fourth-order valence-corrected chi connectivity index (χ4v) is 3.62. The van der Waals surface area contributed by atoms with Crippen molar-refractivity contribution in [1.82, 2.24) is 0 Å². The number of anilines is 2. The Balaban J connectivity index is 1.69. The normalized spacial score (nSPS) is 15.8. The Bertz CT molecular complexity index is 714. The Morgan fingerprint density at radius 3 is 3.05 bits per heavy atom. The third-order valence-corrected chi connectivity index (χ3v) is 4.56. The SMILES string of the molecule is Nc1cccc2c1CCN2Cc1cc(Cl)cc2c1OCC2. The van der Waals surface area contributed by atoms with E-state index in [9.17, 15) is 0 Å². The van der Waals surface area contributed by atoms with Crippen molar-refractivity contribution in [2.24, 2.45) is 0 Å². The van der Waals surface area contributed by atoms with Gasteiger partial charge in [-0.1, -0.05) is 17.7 Å². The van der Waals surface area contributed by atoms with Gasteiger partial charge in [0.2, 0.25) is 0 Å². The highest BCUT2D eigenvalue weighted by atomic mass is 35.5. The van der Waals surface area contributed by atoms with Crippen molar-refractivity contribution < 1.29 is 4.74 Å². The van der Waals surface area contributed by atoms with E-state index in [1.807, 2.05) is 24.3 Å². The number of rotatable bonds is 2. The highest BCUT2D eigenvalue weighted by molar-refractivity contribution is 6.30. The van der Waals surface area contributed by atoms with E-state index in [1.54, 1.807) is 0 Å². The van der Waals surface area contributed by atoms with Gasteiger partial charge in [-0.15, -0.1) is 0 Å². The van der Waals surface area contributed by atoms with E-state index in [-0.39, 0.29) is 0 Å². The van der Waals surface area contributed by atoms with Crippen LogP contribution in [0.25, 0.3) is 0 Å². The number of nitrogens with zero attached hydrogens (tertiary/aromatic N) is 1. The van der Waals surface area contributed by atoms with Crippen molar-refractivity contribution >= 4 is 23.0 Å². The third kappa shape index (κ3) is 2.12. The zero-order valence-electron chi connectivity index (χ0n) is 11.7. The Hall–Kier alpha value is -1.87. The molecule has 108 valence electrons. The van der Waals surface area contributed by atoms with Gasteiger partial charge in [0.15, 0.2) is 0 Å². The quantitative estimate of drug-likeness (QED) is 0.864. The molecule has 0 atom stereocenters. The molecule has 3 nitrogen and oxygen atoms in total. The molecule has 0 unspecified atom stereocenters. The minimum atomic E-state index is 0.756. The second-order valence-corrected chi connectivity index (χ2v) is 6.10. The molecule has 0 spiro atoms. The monoisotopic (exact) mass is 300 g/mol. The topological polar surface area (TPSA) is 38.5 Å². The summed E-state index contributed by atoms with van der Waals surface area (Å²) in [4.78, 5) is 2.36. The smallest absolute Gasteiger partial charge is 0.127 e. The lowest BCUT2D eigenvalue weighted by molar-refractivity contribution is 0.353. The van der Waals surface area contributed by atoms with Crippen molar-refractivity contribution in [1.29, 1.82) is 0 Å². The molecule has 0 saturated carbocycles. The summed E-state index contributed by atoms with van der Waals surface area (Å²) in [5.74, 6) is 1.02. The summed E-state index contributed by atoms with van der Waals surface area (Å²) in [6, 6.07) is 10.2. The fourth-order valence-electron chi connectivity index (χ4n) is 3.36. The molecule has 2 aliphatic rings. The van der Waals surface area contributed by atoms with Gasteiger partial charge in [0.25, 0.3) is 0 Å². The van der Waals surface area contributed by atoms with Crippen LogP contribution in [-0.4, -0.2) is 13.2 Å². The summed E-state index contributed by atoms with van der Waals surface area (Å²) >= 11 is 6.25. The summed E-state index contributed by atoms with van der Waals surface area (Å²) in [7, 11) is 0. The minimum Gasteiger partial charge on any atom is -0.493 e. The number of fused-ring (bicyclic) bond motifs is 2. The van der Waals surface area contributed by atoms with Crippen molar-refractivity contribution in [3.8, 4) is 5.75 Å². The Kier molecular flexibility index (Phi) is 2.96. The first-order valence-corrected chi connectivity index (χ1v) is 7.66. The maximum absolute atomic E-state index is 6.25. The first kappa shape index (κ1) is 12.8. The van der Waals surface area contributed by atoms with Gasteiger partial charge in [-0.2, -0.15) is 0 Å². The van der Waals surface area contributed by atoms with Crippen LogP contribution >= 0.6 is 11.6 Å². The van der Waals surface area contributed by atoms with Crippen molar-refractivity contribution in [2.45, 2.75) is 19.4 Å². The molecular weight excluding hydrogens is 284 g/mol. The number of nitrogens with two attached hydrogens (primary N) is 1. The van der Waals surface area contributed by atoms with Crippen LogP contribution in [0.4, 0.5) is 11.4 Å². The lowest BCUT2D eigenvalue weighted by Crippen LogP contribution is -2.20. The molecular formula is C17H17ClN2O. The molecule has 0 radical (unpaired) electrons. The molecule has 0 aromatic heterocycles. The highest BCUT2D eigenvalue weighted by Gasteiger charge is 2.24. The van der Waals surface area contributed by atoms with E-state index < -0.39 is 0 Å². The molecule has 0 amide bonds. The number of ether oxygens (including phenoxy) is 1. The first-order chi connectivity index (χ1) is 10.2. The van der Waals surface area contributed by atoms with Crippen LogP contribution in [0, 0.1) is 0 Å². The fraction of sp³-hybridized carbons (Fsp3) is 0.294. The number of hydrogen-bond donors (Lipinski definition) is 1. The number of halogens is 1. The second kappa shape index (κ2) is 4.85. The summed E-state index contributed by atoms with van der Waals surface area (Å²) in [6.07, 6.45) is 1.96. The summed E-state index contributed by atoms with van der Waals surface area (Å²) in [5, 5.41) is 0.793. The molecule has 0 saturated heterocycles. The Labute approximate surface area is 129 Å². The van der Waals surface area contributed by atoms with Crippen LogP contribution in [0.2, 0.25) is 5.02 Å². The standard InChI is InChI=1S/C17H17ClN2O/c18-13-8-11-5-7-21-17(11)12(9-13)10-20-6-4-14-15(19)2-1-3-16(14)20/h1-3,8-9H,4-7,10,19H2. The van der Waals surface area contributed by atoms with E-state index in [2.05, 4.69) is 11.0 Å². The van der Waals surface area contributed by atoms with Gasteiger partial charge in [-0.25, -0.2) is 0 Å². The average molecular weight is 301 g/mol. The molecule has 0 bridgehead atoms. The van der Waals surface area contributed by atoms with Crippen LogP contribution in [0.5, 0.6) is 5.75 Å². The van der Waals surface area contributed by atoms with Gasteiger partial charge in [0, 0.05) is 47.0 Å². The first-order valence-electron chi connectivity index (χ1n) is 7.29. The highest BCUT2D eigenvalue weighted by Crippen LogP contribution is 2.37. The van der Waals surface area contributed by atoms with E-state index in [4.69, 9.17) is 22.1 Å². The summed E-state index contributed by atoms with van der Waals surface area (Å²) in [5.41, 5.74) is 11.9. The minimum absolute atomic E-state index is 0.756. The largest absolute Gasteiger partial charge is 0.493 e. The molecule has 2 heterocycles. The third-order valence-electron chi connectivity index (χ3n) is 4.35. The van der Waals surface area contributed by atoms with Crippen LogP contribution in [-0.2, 0) is 19.4 Å². The van der Waals surface area contributed by atoms with E-state index in [1.165, 1.54) is 22.4 Å². The summed E-state index contributed by atoms with van der Waals surface area (Å²) < 4.78 is 5.80. The van der Waals surface area contributed by atoms with E-state index in [0.717, 1.165) is 49.0 Å². The van der Waals surface area contributed by atoms with Gasteiger partial charge >= 0.3 is 0 Å². The lowest BCUT2D eigenvalue weighted by Gasteiger charge is -2.21. The molecule has 0 aliphatic carbocycles. The number of benzene rings is 2. The van der Waals surface area contributed by atoms with Gasteiger partial charge in [-0.3, -0.25) is 0 Å². The Morgan fingerprint density at radius 1 is 1.24 bits per heavy atom. The second-order valence-electron chi connectivity index (χ2n) is 5.67. The number of hydrogen-bond acceptors (Lipinski definition) is 3. The predicted octanol–water partition coefficient (Wildman–Crippen LogP) is 3.42. The lowest BCUT2D eigenvalue weighted by atomic mass is 10.1. The molecule has 4 rings (SSSR count). The van der Waals surface area contributed by atoms with Gasteiger partial charge in [0.1, 0.15) is 5.75 Å². The van der Waals surface area contributed by atoms with Crippen molar-refractivity contribution in [3.63, 3.8) is 0 Å². The number of nitrogen functional groups attached to an aromatic ring is 1. The van der Waals surface area contributed by atoms with Crippen molar-refractivity contribution in [3.05, 3.63) is 52.0 Å². The molecule has 4 heteroatoms. The maximum Gasteiger partial charge on any atom is 0.127 e. The molecule has 0 fully saturated rings. The predicted molar refractivity (Wildman–Crippen MR) is 86.3 cm³/mol. The van der Waals surface area contributed by atoms with Crippen LogP contribution in [0.1, 0.15) is 16.7 Å². The summed E-state index contributed by atoms with van der Waals surface area (Å²) in [6.45, 7) is 2.57. The molecule has 2 aromatic rings.